The lowest BCUT2D eigenvalue weighted by Gasteiger charge is -2.36. The standard InChI is InChI=1S/C24H23ClFN5O5S/c25-17-3-1-2-4-21(17)37(35,36)28-24(27)30-9-7-29(8-10-30)20-12-19-15(11-18(20)26)22(32)16(23(33)34)13-31(19)14-5-6-14/h1-4,11-14H,5-10H2,(H2,27,28)(H,33,34). The number of piperazine rings is 1. The number of aromatic carboxylic acids is 1. The number of sulfonamides is 1. The molecule has 13 heteroatoms. The van der Waals surface area contributed by atoms with Crippen LogP contribution in [0.5, 0.6) is 0 Å². The van der Waals surface area contributed by atoms with Gasteiger partial charge >= 0.3 is 5.97 Å². The topological polar surface area (TPSA) is 138 Å². The van der Waals surface area contributed by atoms with Crippen molar-refractivity contribution in [3.8, 4) is 0 Å². The van der Waals surface area contributed by atoms with Crippen LogP contribution in [0.2, 0.25) is 5.02 Å². The van der Waals surface area contributed by atoms with Crippen molar-refractivity contribution in [3.05, 3.63) is 69.2 Å². The molecule has 0 spiro atoms. The van der Waals surface area contributed by atoms with Crippen molar-refractivity contribution in [2.24, 2.45) is 10.1 Å². The molecular formula is C24H23ClFN5O5S. The summed E-state index contributed by atoms with van der Waals surface area (Å²) in [6.45, 7) is 1.17. The summed E-state index contributed by atoms with van der Waals surface area (Å²) < 4.78 is 45.9. The fraction of sp³-hybridized carbons (Fsp3) is 0.292. The molecule has 37 heavy (non-hydrogen) atoms. The van der Waals surface area contributed by atoms with Crippen molar-refractivity contribution >= 4 is 50.1 Å². The van der Waals surface area contributed by atoms with Gasteiger partial charge in [-0.15, -0.1) is 4.40 Å². The number of anilines is 1. The van der Waals surface area contributed by atoms with Crippen LogP contribution in [-0.4, -0.2) is 61.1 Å². The Labute approximate surface area is 216 Å². The van der Waals surface area contributed by atoms with Crippen LogP contribution in [0, 0.1) is 5.82 Å². The monoisotopic (exact) mass is 547 g/mol. The normalized spacial score (nSPS) is 16.9. The molecule has 2 fully saturated rings. The Morgan fingerprint density at radius 3 is 2.43 bits per heavy atom. The van der Waals surface area contributed by atoms with Crippen LogP contribution in [0.25, 0.3) is 10.9 Å². The van der Waals surface area contributed by atoms with Crippen LogP contribution in [0.15, 0.2) is 56.7 Å². The van der Waals surface area contributed by atoms with Crippen molar-refractivity contribution < 1.29 is 22.7 Å². The maximum atomic E-state index is 15.2. The summed E-state index contributed by atoms with van der Waals surface area (Å²) in [4.78, 5) is 27.4. The Balaban J connectivity index is 1.40. The first kappa shape index (κ1) is 25.0. The zero-order chi connectivity index (χ0) is 26.5. The minimum Gasteiger partial charge on any atom is -0.477 e. The van der Waals surface area contributed by atoms with E-state index >= 15 is 4.39 Å². The summed E-state index contributed by atoms with van der Waals surface area (Å²) in [5.41, 5.74) is 5.63. The zero-order valence-electron chi connectivity index (χ0n) is 19.5. The summed E-state index contributed by atoms with van der Waals surface area (Å²) >= 11 is 5.99. The maximum absolute atomic E-state index is 15.2. The van der Waals surface area contributed by atoms with Gasteiger partial charge < -0.3 is 25.2 Å². The van der Waals surface area contributed by atoms with Gasteiger partial charge in [0.15, 0.2) is 0 Å². The molecular weight excluding hydrogens is 525 g/mol. The Morgan fingerprint density at radius 2 is 1.81 bits per heavy atom. The highest BCUT2D eigenvalue weighted by molar-refractivity contribution is 7.90. The third-order valence-electron chi connectivity index (χ3n) is 6.54. The summed E-state index contributed by atoms with van der Waals surface area (Å²) in [6, 6.07) is 8.66. The molecule has 0 bridgehead atoms. The molecule has 194 valence electrons. The average molecular weight is 548 g/mol. The van der Waals surface area contributed by atoms with Gasteiger partial charge in [0.05, 0.1) is 16.2 Å². The molecule has 2 heterocycles. The number of aromatic nitrogens is 1. The number of hydrogen-bond acceptors (Lipinski definition) is 5. The number of pyridine rings is 1. The number of benzene rings is 2. The number of carboxylic acid groups (broad SMARTS) is 1. The minimum absolute atomic E-state index is 0.0212. The second-order valence-electron chi connectivity index (χ2n) is 8.97. The smallest absolute Gasteiger partial charge is 0.341 e. The number of carboxylic acids is 1. The molecule has 1 aliphatic carbocycles. The molecule has 10 nitrogen and oxygen atoms in total. The summed E-state index contributed by atoms with van der Waals surface area (Å²) in [7, 11) is -4.12. The second-order valence-corrected chi connectivity index (χ2v) is 10.9. The van der Waals surface area contributed by atoms with Gasteiger partial charge in [-0.2, -0.15) is 8.42 Å². The first-order chi connectivity index (χ1) is 17.6. The van der Waals surface area contributed by atoms with E-state index in [1.807, 2.05) is 0 Å². The average Bonchev–Trinajstić information content (AvgIpc) is 3.69. The lowest BCUT2D eigenvalue weighted by Crippen LogP contribution is -2.51. The summed E-state index contributed by atoms with van der Waals surface area (Å²) in [5.74, 6) is -2.19. The predicted octanol–water partition coefficient (Wildman–Crippen LogP) is 2.65. The number of rotatable bonds is 5. The number of fused-ring (bicyclic) bond motifs is 1. The van der Waals surface area contributed by atoms with Gasteiger partial charge in [0.1, 0.15) is 16.3 Å². The van der Waals surface area contributed by atoms with E-state index in [4.69, 9.17) is 17.3 Å². The van der Waals surface area contributed by atoms with Gasteiger partial charge in [-0.05, 0) is 37.1 Å². The van der Waals surface area contributed by atoms with Crippen molar-refractivity contribution in [1.29, 1.82) is 0 Å². The molecule has 1 aromatic heterocycles. The predicted molar refractivity (Wildman–Crippen MR) is 137 cm³/mol. The molecule has 2 aromatic carbocycles. The van der Waals surface area contributed by atoms with E-state index in [0.717, 1.165) is 18.9 Å². The van der Waals surface area contributed by atoms with Crippen LogP contribution >= 0.6 is 11.6 Å². The van der Waals surface area contributed by atoms with Gasteiger partial charge in [0.2, 0.25) is 11.4 Å². The van der Waals surface area contributed by atoms with Crippen molar-refractivity contribution in [2.45, 2.75) is 23.8 Å². The maximum Gasteiger partial charge on any atom is 0.341 e. The van der Waals surface area contributed by atoms with Crippen molar-refractivity contribution in [2.75, 3.05) is 31.1 Å². The second kappa shape index (κ2) is 9.34. The van der Waals surface area contributed by atoms with E-state index in [1.54, 1.807) is 26.5 Å². The van der Waals surface area contributed by atoms with Crippen LogP contribution in [0.1, 0.15) is 29.2 Å². The largest absolute Gasteiger partial charge is 0.477 e. The van der Waals surface area contributed by atoms with Crippen LogP contribution in [0.3, 0.4) is 0 Å². The number of nitrogens with two attached hydrogens (primary N) is 1. The van der Waals surface area contributed by atoms with E-state index < -0.39 is 27.2 Å². The Hall–Kier alpha value is -3.64. The number of halogens is 2. The van der Waals surface area contributed by atoms with E-state index in [-0.39, 0.29) is 51.6 Å². The fourth-order valence-electron chi connectivity index (χ4n) is 4.47. The molecule has 3 N–H and O–H groups in total. The molecule has 0 atom stereocenters. The third kappa shape index (κ3) is 4.74. The molecule has 1 saturated carbocycles. The van der Waals surface area contributed by atoms with E-state index in [0.29, 0.717) is 18.6 Å². The highest BCUT2D eigenvalue weighted by Gasteiger charge is 2.29. The number of carbonyl (C=O) groups is 1. The Kier molecular flexibility index (Phi) is 6.32. The molecule has 2 aliphatic rings. The quantitative estimate of drug-likeness (QED) is 0.367. The van der Waals surface area contributed by atoms with Crippen molar-refractivity contribution in [1.82, 2.24) is 9.47 Å². The van der Waals surface area contributed by atoms with Gasteiger partial charge in [-0.3, -0.25) is 4.79 Å². The highest BCUT2D eigenvalue weighted by atomic mass is 35.5. The van der Waals surface area contributed by atoms with Crippen LogP contribution in [-0.2, 0) is 10.0 Å². The van der Waals surface area contributed by atoms with E-state index in [9.17, 15) is 23.1 Å². The zero-order valence-corrected chi connectivity index (χ0v) is 21.0. The molecule has 3 aromatic rings. The molecule has 0 radical (unpaired) electrons. The highest BCUT2D eigenvalue weighted by Crippen LogP contribution is 2.38. The van der Waals surface area contributed by atoms with Gasteiger partial charge in [0.25, 0.3) is 10.0 Å². The van der Waals surface area contributed by atoms with E-state index in [2.05, 4.69) is 4.40 Å². The molecule has 1 aliphatic heterocycles. The third-order valence-corrected chi connectivity index (χ3v) is 8.32. The molecule has 5 rings (SSSR count). The van der Waals surface area contributed by atoms with Gasteiger partial charge in [0, 0.05) is 43.8 Å². The Bertz CT molecular complexity index is 1610. The Morgan fingerprint density at radius 1 is 1.14 bits per heavy atom. The number of guanidine groups is 1. The molecule has 1 saturated heterocycles. The number of hydrogen-bond donors (Lipinski definition) is 2. The fourth-order valence-corrected chi connectivity index (χ4v) is 5.92. The number of nitrogens with zero attached hydrogens (tertiary/aromatic N) is 4. The first-order valence-electron chi connectivity index (χ1n) is 11.5. The van der Waals surface area contributed by atoms with Crippen LogP contribution in [0.4, 0.5) is 10.1 Å². The van der Waals surface area contributed by atoms with Gasteiger partial charge in [-0.25, -0.2) is 9.18 Å². The van der Waals surface area contributed by atoms with Gasteiger partial charge in [-0.1, -0.05) is 23.7 Å². The van der Waals surface area contributed by atoms with Crippen LogP contribution < -0.4 is 16.1 Å². The minimum atomic E-state index is -4.12. The lowest BCUT2D eigenvalue weighted by atomic mass is 10.1. The molecule has 0 unspecified atom stereocenters. The summed E-state index contributed by atoms with van der Waals surface area (Å²) in [5, 5.41) is 9.47. The SMILES string of the molecule is N/C(=N\S(=O)(=O)c1ccccc1Cl)N1CCN(c2cc3c(cc2F)c(=O)c(C(=O)O)cn3C2CC2)CC1. The lowest BCUT2D eigenvalue weighted by molar-refractivity contribution is 0.0694. The van der Waals surface area contributed by atoms with E-state index in [1.165, 1.54) is 24.4 Å². The molecule has 0 amide bonds. The summed E-state index contributed by atoms with van der Waals surface area (Å²) in [6.07, 6.45) is 3.02. The van der Waals surface area contributed by atoms with Crippen molar-refractivity contribution in [3.63, 3.8) is 0 Å². The first-order valence-corrected chi connectivity index (χ1v) is 13.3.